The van der Waals surface area contributed by atoms with E-state index in [1.165, 1.54) is 18.2 Å². The number of nitrogens with two attached hydrogens (primary N) is 1. The van der Waals surface area contributed by atoms with Crippen molar-refractivity contribution in [2.24, 2.45) is 5.73 Å². The molecular weight excluding hydrogens is 394 g/mol. The van der Waals surface area contributed by atoms with Crippen LogP contribution in [0.4, 0.5) is 11.4 Å². The Kier molecular flexibility index (Phi) is 6.32. The number of anilines is 1. The maximum atomic E-state index is 11.6. The van der Waals surface area contributed by atoms with E-state index in [9.17, 15) is 20.0 Å². The van der Waals surface area contributed by atoms with E-state index in [1.54, 1.807) is 36.4 Å². The van der Waals surface area contributed by atoms with Crippen LogP contribution in [-0.2, 0) is 6.54 Å². The maximum Gasteiger partial charge on any atom is 0.337 e. The summed E-state index contributed by atoms with van der Waals surface area (Å²) in [5.41, 5.74) is 6.94. The summed E-state index contributed by atoms with van der Waals surface area (Å²) >= 11 is 1.15. The lowest BCUT2D eigenvalue weighted by Gasteiger charge is -2.12. The van der Waals surface area contributed by atoms with Gasteiger partial charge in [-0.1, -0.05) is 12.1 Å². The molecule has 0 atom stereocenters. The molecule has 3 rings (SSSR count). The van der Waals surface area contributed by atoms with Crippen molar-refractivity contribution in [3.8, 4) is 11.5 Å². The van der Waals surface area contributed by atoms with Crippen molar-refractivity contribution in [1.29, 1.82) is 0 Å². The average molecular weight is 411 g/mol. The second-order valence-corrected chi connectivity index (χ2v) is 6.80. The molecule has 3 aromatic rings. The number of carboxylic acid groups (broad SMARTS) is 1. The van der Waals surface area contributed by atoms with Crippen LogP contribution in [0.15, 0.2) is 71.6 Å². The molecule has 0 spiro atoms. The first-order valence-corrected chi connectivity index (χ1v) is 9.29. The van der Waals surface area contributed by atoms with Crippen LogP contribution in [0.25, 0.3) is 0 Å². The molecule has 4 N–H and O–H groups in total. The number of benzene rings is 3. The van der Waals surface area contributed by atoms with E-state index in [-0.39, 0.29) is 11.3 Å². The van der Waals surface area contributed by atoms with Crippen molar-refractivity contribution >= 4 is 29.3 Å². The molecule has 8 nitrogen and oxygen atoms in total. The van der Waals surface area contributed by atoms with E-state index in [1.807, 2.05) is 12.1 Å². The van der Waals surface area contributed by atoms with Crippen molar-refractivity contribution in [2.75, 3.05) is 4.72 Å². The number of hydrogen-bond donors (Lipinski definition) is 3. The van der Waals surface area contributed by atoms with Gasteiger partial charge in [0.2, 0.25) is 0 Å². The van der Waals surface area contributed by atoms with Crippen LogP contribution in [0.1, 0.15) is 15.9 Å². The molecule has 148 valence electrons. The van der Waals surface area contributed by atoms with Gasteiger partial charge in [-0.05, 0) is 60.0 Å². The molecule has 0 aromatic heterocycles. The Morgan fingerprint density at radius 2 is 1.72 bits per heavy atom. The molecule has 0 aliphatic carbocycles. The molecule has 0 saturated heterocycles. The van der Waals surface area contributed by atoms with E-state index >= 15 is 0 Å². The van der Waals surface area contributed by atoms with Crippen molar-refractivity contribution in [2.45, 2.75) is 11.4 Å². The topological polar surface area (TPSA) is 128 Å². The summed E-state index contributed by atoms with van der Waals surface area (Å²) in [4.78, 5) is 22.6. The number of carboxylic acids is 1. The van der Waals surface area contributed by atoms with Crippen LogP contribution >= 0.6 is 11.9 Å². The van der Waals surface area contributed by atoms with Gasteiger partial charge in [0, 0.05) is 23.6 Å². The molecule has 0 fully saturated rings. The van der Waals surface area contributed by atoms with E-state index in [4.69, 9.17) is 10.5 Å². The third kappa shape index (κ3) is 5.24. The minimum absolute atomic E-state index is 0.0124. The number of nitro groups is 1. The molecule has 9 heteroatoms. The zero-order valence-corrected chi connectivity index (χ0v) is 15.9. The summed E-state index contributed by atoms with van der Waals surface area (Å²) in [6.45, 7) is 0.427. The fourth-order valence-electron chi connectivity index (χ4n) is 2.43. The van der Waals surface area contributed by atoms with Gasteiger partial charge in [0.15, 0.2) is 0 Å². The molecule has 0 aliphatic heterocycles. The summed E-state index contributed by atoms with van der Waals surface area (Å²) in [6, 6.07) is 17.8. The Morgan fingerprint density at radius 1 is 1.07 bits per heavy atom. The maximum absolute atomic E-state index is 11.6. The standard InChI is InChI=1S/C20H17N3O5S/c21-12-13-1-5-15(6-2-13)28-16-7-10-19(18(11-16)20(24)25)22-29-17-8-3-14(4-9-17)23(26)27/h1-11,22H,12,21H2,(H,24,25). The van der Waals surface area contributed by atoms with Gasteiger partial charge in [-0.2, -0.15) is 0 Å². The van der Waals surface area contributed by atoms with E-state index in [0.717, 1.165) is 17.5 Å². The van der Waals surface area contributed by atoms with Crippen LogP contribution in [-0.4, -0.2) is 16.0 Å². The number of aromatic carboxylic acids is 1. The summed E-state index contributed by atoms with van der Waals surface area (Å²) in [6.07, 6.45) is 0. The molecule has 0 unspecified atom stereocenters. The van der Waals surface area contributed by atoms with Crippen molar-refractivity contribution in [3.63, 3.8) is 0 Å². The van der Waals surface area contributed by atoms with Gasteiger partial charge >= 0.3 is 5.97 Å². The predicted octanol–water partition coefficient (Wildman–Crippen LogP) is 4.66. The Labute approximate surface area is 170 Å². The number of carbonyl (C=O) groups is 1. The largest absolute Gasteiger partial charge is 0.478 e. The van der Waals surface area contributed by atoms with E-state index < -0.39 is 10.9 Å². The van der Waals surface area contributed by atoms with Crippen LogP contribution in [0, 0.1) is 10.1 Å². The lowest BCUT2D eigenvalue weighted by atomic mass is 10.1. The van der Waals surface area contributed by atoms with Gasteiger partial charge in [-0.25, -0.2) is 4.79 Å². The first kappa shape index (κ1) is 20.2. The zero-order chi connectivity index (χ0) is 20.8. The zero-order valence-electron chi connectivity index (χ0n) is 15.1. The molecule has 0 aliphatic rings. The minimum Gasteiger partial charge on any atom is -0.478 e. The van der Waals surface area contributed by atoms with Crippen LogP contribution < -0.4 is 15.2 Å². The highest BCUT2D eigenvalue weighted by molar-refractivity contribution is 8.00. The lowest BCUT2D eigenvalue weighted by Crippen LogP contribution is -2.02. The van der Waals surface area contributed by atoms with Gasteiger partial charge in [0.25, 0.3) is 5.69 Å². The van der Waals surface area contributed by atoms with Gasteiger partial charge in [0.1, 0.15) is 11.5 Å². The van der Waals surface area contributed by atoms with E-state index in [2.05, 4.69) is 4.72 Å². The van der Waals surface area contributed by atoms with Crippen molar-refractivity contribution in [1.82, 2.24) is 0 Å². The molecule has 0 amide bonds. The molecule has 0 heterocycles. The van der Waals surface area contributed by atoms with Crippen LogP contribution in [0.5, 0.6) is 11.5 Å². The third-order valence-corrected chi connectivity index (χ3v) is 4.77. The van der Waals surface area contributed by atoms with E-state index in [0.29, 0.717) is 28.6 Å². The molecule has 0 radical (unpaired) electrons. The third-order valence-electron chi connectivity index (χ3n) is 3.94. The number of rotatable bonds is 8. The second-order valence-electron chi connectivity index (χ2n) is 5.92. The summed E-state index contributed by atoms with van der Waals surface area (Å²) in [5, 5.41) is 20.2. The smallest absolute Gasteiger partial charge is 0.337 e. The quantitative estimate of drug-likeness (QED) is 0.277. The Morgan fingerprint density at radius 3 is 2.31 bits per heavy atom. The van der Waals surface area contributed by atoms with Gasteiger partial charge < -0.3 is 20.3 Å². The average Bonchev–Trinajstić information content (AvgIpc) is 2.73. The highest BCUT2D eigenvalue weighted by Crippen LogP contribution is 2.30. The second kappa shape index (κ2) is 9.09. The highest BCUT2D eigenvalue weighted by Gasteiger charge is 2.13. The fourth-order valence-corrected chi connectivity index (χ4v) is 3.11. The predicted molar refractivity (Wildman–Crippen MR) is 110 cm³/mol. The summed E-state index contributed by atoms with van der Waals surface area (Å²) in [7, 11) is 0. The molecule has 0 bridgehead atoms. The van der Waals surface area contributed by atoms with Crippen molar-refractivity contribution in [3.05, 3.63) is 88.0 Å². The number of nitrogens with zero attached hydrogens (tertiary/aromatic N) is 1. The summed E-state index contributed by atoms with van der Waals surface area (Å²) in [5.74, 6) is -0.158. The fraction of sp³-hybridized carbons (Fsp3) is 0.0500. The number of nitrogens with one attached hydrogen (secondary N) is 1. The summed E-state index contributed by atoms with van der Waals surface area (Å²) < 4.78 is 8.68. The minimum atomic E-state index is -1.11. The number of non-ortho nitro benzene ring substituents is 1. The highest BCUT2D eigenvalue weighted by atomic mass is 32.2. The molecule has 3 aromatic carbocycles. The number of ether oxygens (including phenoxy) is 1. The van der Waals surface area contributed by atoms with Gasteiger partial charge in [-0.15, -0.1) is 0 Å². The monoisotopic (exact) mass is 411 g/mol. The molecular formula is C20H17N3O5S. The normalized spacial score (nSPS) is 10.4. The van der Waals surface area contributed by atoms with Crippen molar-refractivity contribution < 1.29 is 19.6 Å². The van der Waals surface area contributed by atoms with Crippen LogP contribution in [0.3, 0.4) is 0 Å². The number of hydrogen-bond acceptors (Lipinski definition) is 7. The van der Waals surface area contributed by atoms with Gasteiger partial charge in [-0.3, -0.25) is 10.1 Å². The first-order chi connectivity index (χ1) is 14.0. The molecule has 29 heavy (non-hydrogen) atoms. The Hall–Kier alpha value is -3.56. The Balaban J connectivity index is 1.73. The number of nitro benzene ring substituents is 1. The van der Waals surface area contributed by atoms with Gasteiger partial charge in [0.05, 0.1) is 16.2 Å². The Bertz CT molecular complexity index is 1020. The SMILES string of the molecule is NCc1ccc(Oc2ccc(NSc3ccc([N+](=O)[O-])cc3)c(C(=O)O)c2)cc1. The first-order valence-electron chi connectivity index (χ1n) is 8.48. The molecule has 0 saturated carbocycles. The van der Waals surface area contributed by atoms with Crippen LogP contribution in [0.2, 0.25) is 0 Å². The lowest BCUT2D eigenvalue weighted by molar-refractivity contribution is -0.384.